The van der Waals surface area contributed by atoms with Crippen LogP contribution in [0.5, 0.6) is 0 Å². The van der Waals surface area contributed by atoms with Crippen LogP contribution in [0.25, 0.3) is 0 Å². The van der Waals surface area contributed by atoms with E-state index in [9.17, 15) is 13.2 Å². The Balaban J connectivity index is 2.09. The number of benzene rings is 1. The second-order valence-electron chi connectivity index (χ2n) is 5.29. The fraction of sp³-hybridized carbons (Fsp3) is 0.400. The number of rotatable bonds is 8. The van der Waals surface area contributed by atoms with Gasteiger partial charge in [0.15, 0.2) is 5.16 Å². The molecule has 1 heterocycles. The topological polar surface area (TPSA) is 123 Å². The molecule has 26 heavy (non-hydrogen) atoms. The van der Waals surface area contributed by atoms with Gasteiger partial charge >= 0.3 is 0 Å². The van der Waals surface area contributed by atoms with Gasteiger partial charge in [0, 0.05) is 18.8 Å². The highest BCUT2D eigenvalue weighted by Crippen LogP contribution is 2.19. The summed E-state index contributed by atoms with van der Waals surface area (Å²) in [5, 5.41) is 10.8. The fourth-order valence-corrected chi connectivity index (χ4v) is 4.33. The summed E-state index contributed by atoms with van der Waals surface area (Å²) in [6.45, 7) is 4.34. The quantitative estimate of drug-likeness (QED) is 0.641. The van der Waals surface area contributed by atoms with E-state index in [0.717, 1.165) is 0 Å². The molecule has 0 atom stereocenters. The van der Waals surface area contributed by atoms with Gasteiger partial charge in [-0.05, 0) is 30.5 Å². The molecule has 0 aliphatic rings. The predicted octanol–water partition coefficient (Wildman–Crippen LogP) is 1.25. The molecule has 142 valence electrons. The maximum absolute atomic E-state index is 12.5. The predicted molar refractivity (Wildman–Crippen MR) is 101 cm³/mol. The molecule has 0 aliphatic carbocycles. The number of thioether (sulfide) groups is 1. The third-order valence-corrected chi connectivity index (χ3v) is 6.44. The molecule has 0 unspecified atom stereocenters. The van der Waals surface area contributed by atoms with Crippen LogP contribution in [0.2, 0.25) is 0 Å². The second-order valence-corrected chi connectivity index (χ2v) is 8.00. The lowest BCUT2D eigenvalue weighted by atomic mass is 10.3. The van der Waals surface area contributed by atoms with Crippen LogP contribution in [-0.4, -0.2) is 52.7 Å². The van der Waals surface area contributed by atoms with Gasteiger partial charge in [-0.15, -0.1) is 10.2 Å². The molecule has 0 bridgehead atoms. The van der Waals surface area contributed by atoms with Crippen molar-refractivity contribution in [2.24, 2.45) is 0 Å². The van der Waals surface area contributed by atoms with Crippen molar-refractivity contribution in [3.63, 3.8) is 0 Å². The van der Waals surface area contributed by atoms with E-state index in [0.29, 0.717) is 23.9 Å². The zero-order chi connectivity index (χ0) is 19.3. The summed E-state index contributed by atoms with van der Waals surface area (Å²) in [5.41, 5.74) is 6.20. The highest BCUT2D eigenvalue weighted by atomic mass is 32.2. The van der Waals surface area contributed by atoms with E-state index in [1.165, 1.54) is 32.8 Å². The minimum Gasteiger partial charge on any atom is -0.368 e. The number of anilines is 2. The molecule has 3 N–H and O–H groups in total. The molecule has 0 saturated heterocycles. The zero-order valence-electron chi connectivity index (χ0n) is 14.8. The van der Waals surface area contributed by atoms with Crippen LogP contribution in [0.15, 0.2) is 34.3 Å². The summed E-state index contributed by atoms with van der Waals surface area (Å²) in [5.74, 6) is -0.156. The van der Waals surface area contributed by atoms with Crippen LogP contribution in [-0.2, 0) is 21.4 Å². The first kappa shape index (κ1) is 20.2. The van der Waals surface area contributed by atoms with Crippen molar-refractivity contribution < 1.29 is 13.2 Å². The van der Waals surface area contributed by atoms with Gasteiger partial charge in [-0.2, -0.15) is 4.31 Å². The molecule has 0 spiro atoms. The number of aromatic nitrogens is 3. The number of sulfonamides is 1. The van der Waals surface area contributed by atoms with Gasteiger partial charge in [-0.25, -0.2) is 8.42 Å². The van der Waals surface area contributed by atoms with E-state index in [1.54, 1.807) is 26.0 Å². The van der Waals surface area contributed by atoms with Crippen LogP contribution in [0.4, 0.5) is 11.6 Å². The molecular formula is C15H22N6O3S2. The summed E-state index contributed by atoms with van der Waals surface area (Å²) in [7, 11) is -3.52. The smallest absolute Gasteiger partial charge is 0.244 e. The largest absolute Gasteiger partial charge is 0.368 e. The van der Waals surface area contributed by atoms with Crippen molar-refractivity contribution in [3.8, 4) is 0 Å². The Morgan fingerprint density at radius 2 is 1.85 bits per heavy atom. The molecule has 0 radical (unpaired) electrons. The Labute approximate surface area is 157 Å². The average Bonchev–Trinajstić information content (AvgIpc) is 2.96. The zero-order valence-corrected chi connectivity index (χ0v) is 16.5. The van der Waals surface area contributed by atoms with Gasteiger partial charge in [0.1, 0.15) is 6.54 Å². The molecule has 1 aromatic carbocycles. The van der Waals surface area contributed by atoms with Crippen molar-refractivity contribution in [3.05, 3.63) is 24.3 Å². The Kier molecular flexibility index (Phi) is 6.62. The van der Waals surface area contributed by atoms with E-state index >= 15 is 0 Å². The first-order chi connectivity index (χ1) is 12.3. The molecule has 2 aromatic rings. The van der Waals surface area contributed by atoms with Gasteiger partial charge in [-0.1, -0.05) is 25.6 Å². The van der Waals surface area contributed by atoms with Crippen LogP contribution < -0.4 is 11.1 Å². The number of nitrogen functional groups attached to an aromatic ring is 1. The third kappa shape index (κ3) is 4.34. The number of carbonyl (C=O) groups excluding carboxylic acids is 1. The van der Waals surface area contributed by atoms with E-state index in [1.807, 2.05) is 6.26 Å². The molecule has 2 rings (SSSR count). The van der Waals surface area contributed by atoms with Gasteiger partial charge < -0.3 is 11.1 Å². The first-order valence-electron chi connectivity index (χ1n) is 7.96. The normalized spacial score (nSPS) is 11.7. The molecule has 11 heteroatoms. The average molecular weight is 399 g/mol. The number of carbonyl (C=O) groups is 1. The Morgan fingerprint density at radius 3 is 2.38 bits per heavy atom. The number of nitrogens with one attached hydrogen (secondary N) is 1. The van der Waals surface area contributed by atoms with Crippen molar-refractivity contribution in [2.45, 2.75) is 30.4 Å². The van der Waals surface area contributed by atoms with Gasteiger partial charge in [0.2, 0.25) is 21.9 Å². The fourth-order valence-electron chi connectivity index (χ4n) is 2.37. The number of nitrogens with two attached hydrogens (primary N) is 1. The SMILES string of the molecule is CCN(CC)S(=O)(=O)c1ccc(NC(=O)Cn2c(N)nnc2SC)cc1. The van der Waals surface area contributed by atoms with E-state index in [4.69, 9.17) is 5.73 Å². The number of nitrogens with zero attached hydrogens (tertiary/aromatic N) is 4. The highest BCUT2D eigenvalue weighted by Gasteiger charge is 2.21. The lowest BCUT2D eigenvalue weighted by molar-refractivity contribution is -0.116. The minimum atomic E-state index is -3.52. The standard InChI is InChI=1S/C15H22N6O3S2/c1-4-20(5-2)26(23,24)12-8-6-11(7-9-12)17-13(22)10-21-14(16)18-19-15(21)25-3/h6-9H,4-5,10H2,1-3H3,(H2,16,18)(H,17,22). The monoisotopic (exact) mass is 398 g/mol. The Bertz CT molecular complexity index is 860. The van der Waals surface area contributed by atoms with Crippen molar-refractivity contribution in [1.29, 1.82) is 0 Å². The summed E-state index contributed by atoms with van der Waals surface area (Å²) in [6.07, 6.45) is 1.81. The van der Waals surface area contributed by atoms with Crippen molar-refractivity contribution in [1.82, 2.24) is 19.1 Å². The molecule has 1 aromatic heterocycles. The summed E-state index contributed by atoms with van der Waals surface area (Å²) >= 11 is 1.33. The third-order valence-electron chi connectivity index (χ3n) is 3.71. The number of amides is 1. The number of hydrogen-bond donors (Lipinski definition) is 2. The van der Waals surface area contributed by atoms with Crippen LogP contribution >= 0.6 is 11.8 Å². The molecule has 0 saturated carbocycles. The van der Waals surface area contributed by atoms with Crippen LogP contribution in [0, 0.1) is 0 Å². The van der Waals surface area contributed by atoms with Crippen LogP contribution in [0.3, 0.4) is 0 Å². The van der Waals surface area contributed by atoms with Gasteiger partial charge in [0.25, 0.3) is 0 Å². The Morgan fingerprint density at radius 1 is 1.23 bits per heavy atom. The van der Waals surface area contributed by atoms with Crippen molar-refractivity contribution >= 4 is 39.3 Å². The molecule has 0 aliphatic heterocycles. The minimum absolute atomic E-state index is 0.0332. The van der Waals surface area contributed by atoms with Gasteiger partial charge in [0.05, 0.1) is 4.90 Å². The summed E-state index contributed by atoms with van der Waals surface area (Å²) < 4.78 is 27.8. The molecule has 1 amide bonds. The lowest BCUT2D eigenvalue weighted by Crippen LogP contribution is -2.30. The van der Waals surface area contributed by atoms with E-state index in [-0.39, 0.29) is 23.3 Å². The molecule has 9 nitrogen and oxygen atoms in total. The van der Waals surface area contributed by atoms with Crippen LogP contribution in [0.1, 0.15) is 13.8 Å². The second kappa shape index (κ2) is 8.52. The van der Waals surface area contributed by atoms with Crippen molar-refractivity contribution in [2.75, 3.05) is 30.4 Å². The maximum Gasteiger partial charge on any atom is 0.244 e. The maximum atomic E-state index is 12.5. The highest BCUT2D eigenvalue weighted by molar-refractivity contribution is 7.98. The first-order valence-corrected chi connectivity index (χ1v) is 10.6. The van der Waals surface area contributed by atoms with Gasteiger partial charge in [-0.3, -0.25) is 9.36 Å². The summed E-state index contributed by atoms with van der Waals surface area (Å²) in [4.78, 5) is 12.4. The Hall–Kier alpha value is -2.11. The summed E-state index contributed by atoms with van der Waals surface area (Å²) in [6, 6.07) is 6.06. The molecule has 0 fully saturated rings. The van der Waals surface area contributed by atoms with E-state index in [2.05, 4.69) is 15.5 Å². The molecular weight excluding hydrogens is 376 g/mol. The lowest BCUT2D eigenvalue weighted by Gasteiger charge is -2.18. The number of hydrogen-bond acceptors (Lipinski definition) is 7. The van der Waals surface area contributed by atoms with E-state index < -0.39 is 10.0 Å².